The second kappa shape index (κ2) is 7.22. The molecule has 2 aromatic rings. The molecule has 3 rings (SSSR count). The highest BCUT2D eigenvalue weighted by Crippen LogP contribution is 2.29. The van der Waals surface area contributed by atoms with Gasteiger partial charge in [-0.3, -0.25) is 4.79 Å². The van der Waals surface area contributed by atoms with Crippen molar-refractivity contribution in [1.82, 2.24) is 4.72 Å². The molecule has 1 saturated carbocycles. The highest BCUT2D eigenvalue weighted by Gasteiger charge is 2.30. The van der Waals surface area contributed by atoms with Gasteiger partial charge in [-0.1, -0.05) is 11.6 Å². The number of rotatable bonds is 6. The van der Waals surface area contributed by atoms with E-state index in [0.29, 0.717) is 0 Å². The first kappa shape index (κ1) is 18.6. The van der Waals surface area contributed by atoms with Crippen molar-refractivity contribution < 1.29 is 22.3 Å². The van der Waals surface area contributed by atoms with E-state index < -0.39 is 21.7 Å². The van der Waals surface area contributed by atoms with Crippen LogP contribution in [0.4, 0.5) is 10.1 Å². The Morgan fingerprint density at radius 3 is 2.58 bits per heavy atom. The number of ether oxygens (including phenoxy) is 1. The van der Waals surface area contributed by atoms with Crippen LogP contribution in [0.15, 0.2) is 41.3 Å². The molecule has 1 aliphatic carbocycles. The number of hydrogen-bond donors (Lipinski definition) is 2. The van der Waals surface area contributed by atoms with Gasteiger partial charge in [0.25, 0.3) is 5.91 Å². The third-order valence-electron chi connectivity index (χ3n) is 3.79. The van der Waals surface area contributed by atoms with Gasteiger partial charge in [0.2, 0.25) is 10.0 Å². The minimum absolute atomic E-state index is 0.0801. The van der Waals surface area contributed by atoms with E-state index in [1.165, 1.54) is 37.4 Å². The number of halogens is 2. The monoisotopic (exact) mass is 398 g/mol. The van der Waals surface area contributed by atoms with Crippen LogP contribution in [0.2, 0.25) is 5.02 Å². The highest BCUT2D eigenvalue weighted by atomic mass is 35.5. The fourth-order valence-electron chi connectivity index (χ4n) is 2.29. The predicted molar refractivity (Wildman–Crippen MR) is 95.7 cm³/mol. The molecular weight excluding hydrogens is 383 g/mol. The van der Waals surface area contributed by atoms with Crippen LogP contribution >= 0.6 is 11.6 Å². The fourth-order valence-corrected chi connectivity index (χ4v) is 3.97. The summed E-state index contributed by atoms with van der Waals surface area (Å²) in [7, 11) is -2.45. The first-order chi connectivity index (χ1) is 12.3. The van der Waals surface area contributed by atoms with E-state index in [4.69, 9.17) is 16.3 Å². The molecule has 0 aliphatic heterocycles. The normalized spacial score (nSPS) is 14.1. The lowest BCUT2D eigenvalue weighted by Gasteiger charge is -2.12. The van der Waals surface area contributed by atoms with Crippen molar-refractivity contribution in [2.24, 2.45) is 0 Å². The van der Waals surface area contributed by atoms with E-state index >= 15 is 0 Å². The maximum Gasteiger partial charge on any atom is 0.255 e. The zero-order valence-corrected chi connectivity index (χ0v) is 15.3. The number of hydrogen-bond acceptors (Lipinski definition) is 4. The van der Waals surface area contributed by atoms with Gasteiger partial charge < -0.3 is 10.1 Å². The molecule has 2 N–H and O–H groups in total. The molecule has 0 bridgehead atoms. The SMILES string of the molecule is COc1ccc(C(=O)Nc2ccc(F)c(Cl)c2)cc1S(=O)(=O)NC1CC1. The molecule has 0 atom stereocenters. The molecule has 0 spiro atoms. The van der Waals surface area contributed by atoms with Crippen molar-refractivity contribution in [2.75, 3.05) is 12.4 Å². The zero-order valence-electron chi connectivity index (χ0n) is 13.8. The predicted octanol–water partition coefficient (Wildman–Crippen LogP) is 3.18. The highest BCUT2D eigenvalue weighted by molar-refractivity contribution is 7.89. The minimum Gasteiger partial charge on any atom is -0.495 e. The molecule has 1 aliphatic rings. The van der Waals surface area contributed by atoms with Gasteiger partial charge in [-0.15, -0.1) is 0 Å². The first-order valence-corrected chi connectivity index (χ1v) is 9.63. The second-order valence-electron chi connectivity index (χ2n) is 5.84. The topological polar surface area (TPSA) is 84.5 Å². The summed E-state index contributed by atoms with van der Waals surface area (Å²) in [5, 5.41) is 2.42. The van der Waals surface area contributed by atoms with Gasteiger partial charge in [-0.2, -0.15) is 0 Å². The largest absolute Gasteiger partial charge is 0.495 e. The Morgan fingerprint density at radius 2 is 1.96 bits per heavy atom. The Morgan fingerprint density at radius 1 is 1.23 bits per heavy atom. The molecule has 2 aromatic carbocycles. The van der Waals surface area contributed by atoms with E-state index in [1.807, 2.05) is 0 Å². The number of benzene rings is 2. The molecule has 6 nitrogen and oxygen atoms in total. The van der Waals surface area contributed by atoms with E-state index in [0.717, 1.165) is 18.9 Å². The molecule has 0 aromatic heterocycles. The Balaban J connectivity index is 1.88. The Hall–Kier alpha value is -2.16. The van der Waals surface area contributed by atoms with Crippen molar-refractivity contribution in [3.63, 3.8) is 0 Å². The van der Waals surface area contributed by atoms with Crippen LogP contribution in [0.3, 0.4) is 0 Å². The van der Waals surface area contributed by atoms with Crippen molar-refractivity contribution in [2.45, 2.75) is 23.8 Å². The second-order valence-corrected chi connectivity index (χ2v) is 7.93. The lowest BCUT2D eigenvalue weighted by Crippen LogP contribution is -2.26. The molecule has 1 fully saturated rings. The number of anilines is 1. The third kappa shape index (κ3) is 4.14. The standard InChI is InChI=1S/C17H16ClFN2O4S/c1-25-15-7-2-10(8-16(15)26(23,24)21-11-3-4-11)17(22)20-12-5-6-14(19)13(18)9-12/h2,5-9,11,21H,3-4H2,1H3,(H,20,22). The summed E-state index contributed by atoms with van der Waals surface area (Å²) in [6, 6.07) is 7.76. The third-order valence-corrected chi connectivity index (χ3v) is 5.62. The number of sulfonamides is 1. The van der Waals surface area contributed by atoms with E-state index in [9.17, 15) is 17.6 Å². The summed E-state index contributed by atoms with van der Waals surface area (Å²) in [4.78, 5) is 12.3. The van der Waals surface area contributed by atoms with Crippen molar-refractivity contribution in [3.8, 4) is 5.75 Å². The van der Waals surface area contributed by atoms with Gasteiger partial charge in [0.15, 0.2) is 0 Å². The molecule has 138 valence electrons. The summed E-state index contributed by atoms with van der Waals surface area (Å²) < 4.78 is 45.9. The maximum absolute atomic E-state index is 13.2. The molecule has 26 heavy (non-hydrogen) atoms. The summed E-state index contributed by atoms with van der Waals surface area (Å²) in [5.74, 6) is -1.02. The van der Waals surface area contributed by atoms with Crippen molar-refractivity contribution in [3.05, 3.63) is 52.8 Å². The van der Waals surface area contributed by atoms with Gasteiger partial charge >= 0.3 is 0 Å². The van der Waals surface area contributed by atoms with Crippen LogP contribution in [0, 0.1) is 5.82 Å². The van der Waals surface area contributed by atoms with Crippen molar-refractivity contribution >= 4 is 33.2 Å². The average Bonchev–Trinajstić information content (AvgIpc) is 3.40. The molecular formula is C17H16ClFN2O4S. The number of carbonyl (C=O) groups excluding carboxylic acids is 1. The van der Waals surface area contributed by atoms with Gasteiger partial charge in [0, 0.05) is 17.3 Å². The summed E-state index contributed by atoms with van der Waals surface area (Å²) in [5.41, 5.74) is 0.403. The van der Waals surface area contributed by atoms with Gasteiger partial charge in [-0.25, -0.2) is 17.5 Å². The molecule has 0 heterocycles. The molecule has 1 amide bonds. The summed E-state index contributed by atoms with van der Waals surface area (Å²) in [6.07, 6.45) is 1.57. The lowest BCUT2D eigenvalue weighted by molar-refractivity contribution is 0.102. The Labute approximate surface area is 155 Å². The van der Waals surface area contributed by atoms with Gasteiger partial charge in [0.1, 0.15) is 16.5 Å². The van der Waals surface area contributed by atoms with Crippen LogP contribution in [0.1, 0.15) is 23.2 Å². The Kier molecular flexibility index (Phi) is 5.17. The number of nitrogens with one attached hydrogen (secondary N) is 2. The molecule has 9 heteroatoms. The van der Waals surface area contributed by atoms with Crippen molar-refractivity contribution in [1.29, 1.82) is 0 Å². The van der Waals surface area contributed by atoms with Crippen LogP contribution in [-0.2, 0) is 10.0 Å². The van der Waals surface area contributed by atoms with Gasteiger partial charge in [-0.05, 0) is 49.2 Å². The van der Waals surface area contributed by atoms with Crippen LogP contribution < -0.4 is 14.8 Å². The van der Waals surface area contributed by atoms with E-state index in [-0.39, 0.29) is 33.0 Å². The number of methoxy groups -OCH3 is 1. The van der Waals surface area contributed by atoms with Crippen LogP contribution in [0.5, 0.6) is 5.75 Å². The van der Waals surface area contributed by atoms with E-state index in [2.05, 4.69) is 10.0 Å². The maximum atomic E-state index is 13.2. The first-order valence-electron chi connectivity index (χ1n) is 7.77. The molecule has 0 radical (unpaired) electrons. The number of carbonyl (C=O) groups is 1. The van der Waals surface area contributed by atoms with Crippen LogP contribution in [-0.4, -0.2) is 27.5 Å². The van der Waals surface area contributed by atoms with E-state index in [1.54, 1.807) is 0 Å². The zero-order chi connectivity index (χ0) is 18.9. The minimum atomic E-state index is -3.81. The number of amides is 1. The molecule has 0 unspecified atom stereocenters. The van der Waals surface area contributed by atoms with Gasteiger partial charge in [0.05, 0.1) is 12.1 Å². The summed E-state index contributed by atoms with van der Waals surface area (Å²) in [6.45, 7) is 0. The lowest BCUT2D eigenvalue weighted by atomic mass is 10.2. The smallest absolute Gasteiger partial charge is 0.255 e. The quantitative estimate of drug-likeness (QED) is 0.782. The Bertz CT molecular complexity index is 961. The molecule has 0 saturated heterocycles. The fraction of sp³-hybridized carbons (Fsp3) is 0.235. The average molecular weight is 399 g/mol. The van der Waals surface area contributed by atoms with Crippen LogP contribution in [0.25, 0.3) is 0 Å². The summed E-state index contributed by atoms with van der Waals surface area (Å²) >= 11 is 5.69.